The Bertz CT molecular complexity index is 827. The molecule has 7 nitrogen and oxygen atoms in total. The molecule has 1 fully saturated rings. The van der Waals surface area contributed by atoms with Crippen molar-refractivity contribution in [1.82, 2.24) is 19.7 Å². The fourth-order valence-corrected chi connectivity index (χ4v) is 3.07. The van der Waals surface area contributed by atoms with Crippen LogP contribution in [0.4, 0.5) is 4.79 Å². The van der Waals surface area contributed by atoms with Crippen LogP contribution in [0.2, 0.25) is 0 Å². The Balaban J connectivity index is 1.55. The zero-order chi connectivity index (χ0) is 18.0. The number of benzene rings is 1. The van der Waals surface area contributed by atoms with Gasteiger partial charge in [0.05, 0.1) is 0 Å². The second-order valence-electron chi connectivity index (χ2n) is 6.14. The van der Waals surface area contributed by atoms with Crippen molar-refractivity contribution in [2.24, 2.45) is 7.05 Å². The highest BCUT2D eigenvalue weighted by Crippen LogP contribution is 2.16. The van der Waals surface area contributed by atoms with E-state index in [4.69, 9.17) is 0 Å². The van der Waals surface area contributed by atoms with Crippen LogP contribution < -0.4 is 5.32 Å². The molecular formula is C18H22N4O3. The minimum Gasteiger partial charge on any atom is -0.351 e. The van der Waals surface area contributed by atoms with Crippen molar-refractivity contribution in [3.8, 4) is 0 Å². The molecule has 2 aromatic rings. The third-order valence-corrected chi connectivity index (χ3v) is 4.58. The normalized spacial score (nSPS) is 15.1. The molecule has 0 atom stereocenters. The Morgan fingerprint density at radius 3 is 2.72 bits per heavy atom. The SMILES string of the molecule is CCN1CCN(C(=O)NCCc2ccc3c(ccn3C)c2)C(=O)C1=O. The topological polar surface area (TPSA) is 74.7 Å². The molecule has 1 aromatic heterocycles. The summed E-state index contributed by atoms with van der Waals surface area (Å²) < 4.78 is 2.06. The first-order valence-corrected chi connectivity index (χ1v) is 8.44. The highest BCUT2D eigenvalue weighted by Gasteiger charge is 2.35. The van der Waals surface area contributed by atoms with Crippen molar-refractivity contribution in [3.63, 3.8) is 0 Å². The number of likely N-dealkylation sites (N-methyl/N-ethyl adjacent to an activating group) is 1. The molecule has 0 unspecified atom stereocenters. The molecule has 25 heavy (non-hydrogen) atoms. The molecule has 0 spiro atoms. The second kappa shape index (κ2) is 6.96. The number of carbonyl (C=O) groups is 3. The van der Waals surface area contributed by atoms with Gasteiger partial charge in [-0.05, 0) is 42.5 Å². The van der Waals surface area contributed by atoms with E-state index in [1.165, 1.54) is 4.90 Å². The lowest BCUT2D eigenvalue weighted by Crippen LogP contribution is -2.58. The first-order valence-electron chi connectivity index (χ1n) is 8.44. The number of piperazine rings is 1. The summed E-state index contributed by atoms with van der Waals surface area (Å²) in [5, 5.41) is 3.88. The molecule has 2 heterocycles. The van der Waals surface area contributed by atoms with E-state index in [1.54, 1.807) is 0 Å². The van der Waals surface area contributed by atoms with Crippen LogP contribution in [-0.2, 0) is 23.1 Å². The smallest absolute Gasteiger partial charge is 0.324 e. The number of aromatic nitrogens is 1. The van der Waals surface area contributed by atoms with Gasteiger partial charge in [0.25, 0.3) is 0 Å². The van der Waals surface area contributed by atoms with Crippen LogP contribution in [0, 0.1) is 0 Å². The fourth-order valence-electron chi connectivity index (χ4n) is 3.07. The summed E-state index contributed by atoms with van der Waals surface area (Å²) in [6.45, 7) is 3.32. The Kier molecular flexibility index (Phi) is 4.74. The number of aryl methyl sites for hydroxylation is 1. The number of imide groups is 1. The second-order valence-corrected chi connectivity index (χ2v) is 6.14. The van der Waals surface area contributed by atoms with Crippen molar-refractivity contribution in [1.29, 1.82) is 0 Å². The molecule has 1 aliphatic heterocycles. The third kappa shape index (κ3) is 3.35. The third-order valence-electron chi connectivity index (χ3n) is 4.58. The summed E-state index contributed by atoms with van der Waals surface area (Å²) >= 11 is 0. The standard InChI is InChI=1S/C18H22N4O3/c1-3-21-10-11-22(17(24)16(21)23)18(25)19-8-6-13-4-5-15-14(12-13)7-9-20(15)2/h4-5,7,9,12H,3,6,8,10-11H2,1-2H3,(H,19,25). The van der Waals surface area contributed by atoms with Crippen LogP contribution in [0.5, 0.6) is 0 Å². The molecular weight excluding hydrogens is 320 g/mol. The van der Waals surface area contributed by atoms with E-state index >= 15 is 0 Å². The molecule has 0 radical (unpaired) electrons. The molecule has 0 saturated carbocycles. The van der Waals surface area contributed by atoms with E-state index in [0.29, 0.717) is 26.1 Å². The van der Waals surface area contributed by atoms with Gasteiger partial charge in [-0.15, -0.1) is 0 Å². The molecule has 0 bridgehead atoms. The monoisotopic (exact) mass is 342 g/mol. The zero-order valence-corrected chi connectivity index (χ0v) is 14.5. The maximum atomic E-state index is 12.2. The molecule has 4 amide bonds. The number of hydrogen-bond acceptors (Lipinski definition) is 3. The Morgan fingerprint density at radius 2 is 1.96 bits per heavy atom. The number of nitrogens with one attached hydrogen (secondary N) is 1. The average Bonchev–Trinajstić information content (AvgIpc) is 2.97. The van der Waals surface area contributed by atoms with Gasteiger partial charge in [0.2, 0.25) is 0 Å². The number of rotatable bonds is 4. The van der Waals surface area contributed by atoms with E-state index in [0.717, 1.165) is 21.4 Å². The Morgan fingerprint density at radius 1 is 1.16 bits per heavy atom. The summed E-state index contributed by atoms with van der Waals surface area (Å²) in [5.41, 5.74) is 2.27. The Labute approximate surface area is 146 Å². The number of carbonyl (C=O) groups excluding carboxylic acids is 3. The highest BCUT2D eigenvalue weighted by molar-refractivity contribution is 6.38. The quantitative estimate of drug-likeness (QED) is 0.846. The van der Waals surface area contributed by atoms with Crippen molar-refractivity contribution in [3.05, 3.63) is 36.0 Å². The number of amides is 4. The van der Waals surface area contributed by atoms with E-state index < -0.39 is 17.8 Å². The van der Waals surface area contributed by atoms with E-state index in [9.17, 15) is 14.4 Å². The minimum atomic E-state index is -0.753. The van der Waals surface area contributed by atoms with E-state index in [-0.39, 0.29) is 6.54 Å². The van der Waals surface area contributed by atoms with Gasteiger partial charge in [-0.1, -0.05) is 6.07 Å². The lowest BCUT2D eigenvalue weighted by atomic mass is 10.1. The van der Waals surface area contributed by atoms with Gasteiger partial charge < -0.3 is 14.8 Å². The fraction of sp³-hybridized carbons (Fsp3) is 0.389. The summed E-state index contributed by atoms with van der Waals surface area (Å²) in [4.78, 5) is 38.5. The first-order chi connectivity index (χ1) is 12.0. The van der Waals surface area contributed by atoms with Gasteiger partial charge in [-0.2, -0.15) is 0 Å². The van der Waals surface area contributed by atoms with Crippen LogP contribution >= 0.6 is 0 Å². The van der Waals surface area contributed by atoms with Crippen molar-refractivity contribution in [2.45, 2.75) is 13.3 Å². The Hall–Kier alpha value is -2.83. The molecule has 1 saturated heterocycles. The minimum absolute atomic E-state index is 0.236. The highest BCUT2D eigenvalue weighted by atomic mass is 16.2. The molecule has 0 aliphatic carbocycles. The number of urea groups is 1. The molecule has 7 heteroatoms. The maximum absolute atomic E-state index is 12.2. The van der Waals surface area contributed by atoms with Crippen LogP contribution in [-0.4, -0.2) is 58.4 Å². The van der Waals surface area contributed by atoms with Crippen molar-refractivity contribution < 1.29 is 14.4 Å². The number of nitrogens with zero attached hydrogens (tertiary/aromatic N) is 3. The predicted molar refractivity (Wildman–Crippen MR) is 94.0 cm³/mol. The molecule has 1 aliphatic rings. The summed E-state index contributed by atoms with van der Waals surface area (Å²) in [5.74, 6) is -1.37. The van der Waals surface area contributed by atoms with Crippen LogP contribution in [0.1, 0.15) is 12.5 Å². The van der Waals surface area contributed by atoms with Crippen molar-refractivity contribution >= 4 is 28.7 Å². The summed E-state index contributed by atoms with van der Waals surface area (Å²) in [6, 6.07) is 7.72. The lowest BCUT2D eigenvalue weighted by Gasteiger charge is -2.31. The number of fused-ring (bicyclic) bond motifs is 1. The van der Waals surface area contributed by atoms with Gasteiger partial charge in [-0.25, -0.2) is 4.79 Å². The van der Waals surface area contributed by atoms with Gasteiger partial charge >= 0.3 is 17.8 Å². The lowest BCUT2D eigenvalue weighted by molar-refractivity contribution is -0.153. The van der Waals surface area contributed by atoms with Crippen LogP contribution in [0.25, 0.3) is 10.9 Å². The summed E-state index contributed by atoms with van der Waals surface area (Å²) in [7, 11) is 2.00. The number of hydrogen-bond donors (Lipinski definition) is 1. The van der Waals surface area contributed by atoms with Crippen LogP contribution in [0.15, 0.2) is 30.5 Å². The average molecular weight is 342 g/mol. The molecule has 132 valence electrons. The van der Waals surface area contributed by atoms with E-state index in [2.05, 4.69) is 28.1 Å². The van der Waals surface area contributed by atoms with Crippen molar-refractivity contribution in [2.75, 3.05) is 26.2 Å². The van der Waals surface area contributed by atoms with Gasteiger partial charge in [-0.3, -0.25) is 14.5 Å². The molecule has 1 aromatic carbocycles. The van der Waals surface area contributed by atoms with Gasteiger partial charge in [0.15, 0.2) is 0 Å². The van der Waals surface area contributed by atoms with Gasteiger partial charge in [0.1, 0.15) is 0 Å². The zero-order valence-electron chi connectivity index (χ0n) is 14.5. The van der Waals surface area contributed by atoms with Crippen LogP contribution in [0.3, 0.4) is 0 Å². The largest absolute Gasteiger partial charge is 0.351 e. The van der Waals surface area contributed by atoms with Gasteiger partial charge in [0, 0.05) is 44.9 Å². The molecule has 1 N–H and O–H groups in total. The maximum Gasteiger partial charge on any atom is 0.324 e. The predicted octanol–water partition coefficient (Wildman–Crippen LogP) is 1.12. The molecule has 3 rings (SSSR count). The summed E-state index contributed by atoms with van der Waals surface area (Å²) in [6.07, 6.45) is 2.67. The first kappa shape index (κ1) is 17.0. The van der Waals surface area contributed by atoms with E-state index in [1.807, 2.05) is 26.2 Å².